The second kappa shape index (κ2) is 3.48. The minimum atomic E-state index is -1.01. The number of amides is 3. The molecule has 1 fully saturated rings. The lowest BCUT2D eigenvalue weighted by Gasteiger charge is -2.23. The Kier molecular flexibility index (Phi) is 2.27. The molecule has 0 aromatic heterocycles. The maximum Gasteiger partial charge on any atom is 0.322 e. The maximum absolute atomic E-state index is 11.7. The van der Waals surface area contributed by atoms with Crippen LogP contribution in [0.3, 0.4) is 0 Å². The molecule has 16 heavy (non-hydrogen) atoms. The Morgan fingerprint density at radius 1 is 1.31 bits per heavy atom. The third-order valence-electron chi connectivity index (χ3n) is 2.76. The highest BCUT2D eigenvalue weighted by molar-refractivity contribution is 6.07. The molecule has 1 unspecified atom stereocenters. The van der Waals surface area contributed by atoms with E-state index in [1.54, 1.807) is 13.0 Å². The van der Waals surface area contributed by atoms with Crippen LogP contribution in [0.1, 0.15) is 18.1 Å². The molecule has 2 rings (SSSR count). The zero-order valence-corrected chi connectivity index (χ0v) is 8.91. The summed E-state index contributed by atoms with van der Waals surface area (Å²) < 4.78 is 0. The monoisotopic (exact) mass is 216 g/mol. The molecule has 3 amide bonds. The number of hydrogen-bond acceptors (Lipinski definition) is 2. The van der Waals surface area contributed by atoms with E-state index in [0.29, 0.717) is 0 Å². The minimum absolute atomic E-state index is 0.341. The van der Waals surface area contributed by atoms with Crippen molar-refractivity contribution in [3.63, 3.8) is 0 Å². The zero-order chi connectivity index (χ0) is 11.8. The van der Waals surface area contributed by atoms with Crippen molar-refractivity contribution in [1.29, 1.82) is 0 Å². The quantitative estimate of drug-likeness (QED) is 0.734. The van der Waals surface area contributed by atoms with Crippen LogP contribution >= 0.6 is 0 Å². The molecule has 2 N–H and O–H groups in total. The molecule has 1 aromatic carbocycles. The van der Waals surface area contributed by atoms with Crippen LogP contribution in [0.25, 0.3) is 6.08 Å². The summed E-state index contributed by atoms with van der Waals surface area (Å²) in [6.07, 6.45) is 1.67. The molecule has 1 aliphatic heterocycles. The fourth-order valence-electron chi connectivity index (χ4n) is 1.86. The van der Waals surface area contributed by atoms with Crippen LogP contribution in [0.4, 0.5) is 4.79 Å². The van der Waals surface area contributed by atoms with Gasteiger partial charge in [-0.25, -0.2) is 4.79 Å². The summed E-state index contributed by atoms with van der Waals surface area (Å²) in [4.78, 5) is 22.9. The lowest BCUT2D eigenvalue weighted by Crippen LogP contribution is -2.41. The second-order valence-electron chi connectivity index (χ2n) is 3.82. The van der Waals surface area contributed by atoms with E-state index in [1.165, 1.54) is 0 Å². The molecule has 1 aromatic rings. The number of benzene rings is 1. The molecular weight excluding hydrogens is 204 g/mol. The molecular formula is C12H12N2O2. The lowest BCUT2D eigenvalue weighted by molar-refractivity contribution is -0.123. The van der Waals surface area contributed by atoms with Crippen LogP contribution in [-0.4, -0.2) is 11.9 Å². The average Bonchev–Trinajstić information content (AvgIpc) is 2.53. The van der Waals surface area contributed by atoms with E-state index < -0.39 is 11.6 Å². The largest absolute Gasteiger partial charge is 0.322 e. The van der Waals surface area contributed by atoms with Crippen molar-refractivity contribution in [3.8, 4) is 0 Å². The topological polar surface area (TPSA) is 58.2 Å². The number of nitrogens with one attached hydrogen (secondary N) is 2. The third-order valence-corrected chi connectivity index (χ3v) is 2.76. The fourth-order valence-corrected chi connectivity index (χ4v) is 1.86. The van der Waals surface area contributed by atoms with Gasteiger partial charge < -0.3 is 5.32 Å². The molecule has 0 bridgehead atoms. The predicted octanol–water partition coefficient (Wildman–Crippen LogP) is 1.38. The van der Waals surface area contributed by atoms with E-state index in [0.717, 1.165) is 11.1 Å². The van der Waals surface area contributed by atoms with Crippen molar-refractivity contribution >= 4 is 18.0 Å². The van der Waals surface area contributed by atoms with Gasteiger partial charge in [-0.2, -0.15) is 0 Å². The molecule has 4 nitrogen and oxygen atoms in total. The number of imide groups is 1. The van der Waals surface area contributed by atoms with Crippen molar-refractivity contribution in [2.24, 2.45) is 0 Å². The molecule has 4 heteroatoms. The Morgan fingerprint density at radius 3 is 2.56 bits per heavy atom. The summed E-state index contributed by atoms with van der Waals surface area (Å²) >= 11 is 0. The van der Waals surface area contributed by atoms with E-state index in [1.807, 2.05) is 24.3 Å². The van der Waals surface area contributed by atoms with Crippen LogP contribution < -0.4 is 10.6 Å². The van der Waals surface area contributed by atoms with E-state index in [2.05, 4.69) is 17.2 Å². The van der Waals surface area contributed by atoms with Gasteiger partial charge in [0, 0.05) is 0 Å². The van der Waals surface area contributed by atoms with Crippen LogP contribution in [0.2, 0.25) is 0 Å². The van der Waals surface area contributed by atoms with Crippen LogP contribution in [0.5, 0.6) is 0 Å². The minimum Gasteiger partial charge on any atom is -0.320 e. The van der Waals surface area contributed by atoms with Crippen molar-refractivity contribution in [3.05, 3.63) is 42.0 Å². The maximum atomic E-state index is 11.7. The van der Waals surface area contributed by atoms with Gasteiger partial charge >= 0.3 is 6.03 Å². The first-order chi connectivity index (χ1) is 7.58. The summed E-state index contributed by atoms with van der Waals surface area (Å²) in [5.41, 5.74) is 0.567. The Hall–Kier alpha value is -2.10. The molecule has 82 valence electrons. The summed E-state index contributed by atoms with van der Waals surface area (Å²) in [6.45, 7) is 5.37. The Balaban J connectivity index is 2.55. The summed E-state index contributed by atoms with van der Waals surface area (Å²) in [7, 11) is 0. The smallest absolute Gasteiger partial charge is 0.320 e. The fraction of sp³-hybridized carbons (Fsp3) is 0.167. The lowest BCUT2D eigenvalue weighted by atomic mass is 9.88. The number of rotatable bonds is 2. The van der Waals surface area contributed by atoms with Gasteiger partial charge in [0.05, 0.1) is 0 Å². The van der Waals surface area contributed by atoms with Gasteiger partial charge in [-0.3, -0.25) is 10.1 Å². The summed E-state index contributed by atoms with van der Waals surface area (Å²) in [5.74, 6) is -0.341. The molecule has 1 atom stereocenters. The highest BCUT2D eigenvalue weighted by Crippen LogP contribution is 2.27. The highest BCUT2D eigenvalue weighted by Gasteiger charge is 2.44. The first kappa shape index (κ1) is 10.4. The highest BCUT2D eigenvalue weighted by atomic mass is 16.2. The third kappa shape index (κ3) is 1.39. The number of carbonyl (C=O) groups is 2. The van der Waals surface area contributed by atoms with Gasteiger partial charge in [-0.1, -0.05) is 36.9 Å². The van der Waals surface area contributed by atoms with E-state index in [9.17, 15) is 9.59 Å². The van der Waals surface area contributed by atoms with Crippen molar-refractivity contribution < 1.29 is 9.59 Å². The Bertz CT molecular complexity index is 482. The summed E-state index contributed by atoms with van der Waals surface area (Å²) in [5, 5.41) is 4.86. The van der Waals surface area contributed by atoms with Gasteiger partial charge in [0.25, 0.3) is 5.91 Å². The molecule has 0 radical (unpaired) electrons. The van der Waals surface area contributed by atoms with Crippen molar-refractivity contribution in [2.75, 3.05) is 0 Å². The molecule has 0 saturated carbocycles. The van der Waals surface area contributed by atoms with Gasteiger partial charge in [-0.15, -0.1) is 0 Å². The van der Waals surface area contributed by atoms with Gasteiger partial charge in [0.2, 0.25) is 0 Å². The average molecular weight is 216 g/mol. The number of carbonyl (C=O) groups excluding carboxylic acids is 2. The van der Waals surface area contributed by atoms with E-state index in [4.69, 9.17) is 0 Å². The van der Waals surface area contributed by atoms with Gasteiger partial charge in [-0.05, 0) is 18.1 Å². The molecule has 1 aliphatic rings. The Labute approximate surface area is 93.3 Å². The van der Waals surface area contributed by atoms with Crippen molar-refractivity contribution in [2.45, 2.75) is 12.5 Å². The van der Waals surface area contributed by atoms with Crippen LogP contribution in [-0.2, 0) is 10.3 Å². The first-order valence-corrected chi connectivity index (χ1v) is 4.93. The predicted molar refractivity (Wildman–Crippen MR) is 60.6 cm³/mol. The zero-order valence-electron chi connectivity index (χ0n) is 8.91. The number of hydrogen-bond donors (Lipinski definition) is 2. The Morgan fingerprint density at radius 2 is 2.00 bits per heavy atom. The molecule has 1 heterocycles. The summed E-state index contributed by atoms with van der Waals surface area (Å²) in [6, 6.07) is 6.88. The number of urea groups is 1. The normalized spacial score (nSPS) is 23.8. The van der Waals surface area contributed by atoms with Crippen LogP contribution in [0, 0.1) is 0 Å². The molecule has 0 spiro atoms. The first-order valence-electron chi connectivity index (χ1n) is 4.93. The molecule has 1 saturated heterocycles. The van der Waals surface area contributed by atoms with Gasteiger partial charge in [0.1, 0.15) is 5.54 Å². The van der Waals surface area contributed by atoms with Crippen LogP contribution in [0.15, 0.2) is 30.8 Å². The molecule has 0 aliphatic carbocycles. The van der Waals surface area contributed by atoms with E-state index >= 15 is 0 Å². The second-order valence-corrected chi connectivity index (χ2v) is 3.82. The van der Waals surface area contributed by atoms with Gasteiger partial charge in [0.15, 0.2) is 0 Å². The SMILES string of the molecule is C=Cc1ccccc1C1(C)NC(=O)NC1=O. The van der Waals surface area contributed by atoms with E-state index in [-0.39, 0.29) is 5.91 Å². The van der Waals surface area contributed by atoms with Crippen molar-refractivity contribution in [1.82, 2.24) is 10.6 Å². The standard InChI is InChI=1S/C12H12N2O2/c1-3-8-6-4-5-7-9(8)12(2)10(15)13-11(16)14-12/h3-7H,1H2,2H3,(H2,13,14,15,16).